The van der Waals surface area contributed by atoms with E-state index in [1.54, 1.807) is 11.9 Å². The monoisotopic (exact) mass is 319 g/mol. The molecule has 0 fully saturated rings. The topological polar surface area (TPSA) is 29.5 Å². The van der Waals surface area contributed by atoms with Crippen LogP contribution in [0.1, 0.15) is 11.1 Å². The zero-order valence-corrected chi connectivity index (χ0v) is 14.0. The van der Waals surface area contributed by atoms with Crippen molar-refractivity contribution in [1.29, 1.82) is 0 Å². The second kappa shape index (κ2) is 7.18. The van der Waals surface area contributed by atoms with Crippen LogP contribution in [0.15, 0.2) is 66.7 Å². The molecule has 3 heteroatoms. The van der Waals surface area contributed by atoms with Crippen molar-refractivity contribution in [2.45, 2.75) is 13.5 Å². The van der Waals surface area contributed by atoms with Crippen molar-refractivity contribution in [3.63, 3.8) is 0 Å². The molecule has 1 amide bonds. The average Bonchev–Trinajstić information content (AvgIpc) is 2.61. The van der Waals surface area contributed by atoms with Gasteiger partial charge in [0.05, 0.1) is 0 Å². The fourth-order valence-corrected chi connectivity index (χ4v) is 2.70. The summed E-state index contributed by atoms with van der Waals surface area (Å²) in [6, 6.07) is 22.0. The van der Waals surface area contributed by atoms with Crippen LogP contribution >= 0.6 is 0 Å². The van der Waals surface area contributed by atoms with Crippen molar-refractivity contribution in [1.82, 2.24) is 4.90 Å². The van der Waals surface area contributed by atoms with Gasteiger partial charge in [-0.3, -0.25) is 4.79 Å². The van der Waals surface area contributed by atoms with E-state index in [1.807, 2.05) is 60.7 Å². The summed E-state index contributed by atoms with van der Waals surface area (Å²) in [5.74, 6) is 0.705. The number of ether oxygens (including phenoxy) is 1. The quantitative estimate of drug-likeness (QED) is 0.706. The van der Waals surface area contributed by atoms with Gasteiger partial charge < -0.3 is 9.64 Å². The highest BCUT2D eigenvalue weighted by Gasteiger charge is 2.12. The number of rotatable bonds is 5. The minimum Gasteiger partial charge on any atom is -0.483 e. The number of benzene rings is 3. The summed E-state index contributed by atoms with van der Waals surface area (Å²) in [7, 11) is 1.81. The minimum absolute atomic E-state index is 0.0359. The van der Waals surface area contributed by atoms with E-state index in [1.165, 1.54) is 5.56 Å². The highest BCUT2D eigenvalue weighted by molar-refractivity contribution is 5.88. The fourth-order valence-electron chi connectivity index (χ4n) is 2.70. The second-order valence-electron chi connectivity index (χ2n) is 5.94. The number of aryl methyl sites for hydroxylation is 1. The maximum atomic E-state index is 12.4. The third kappa shape index (κ3) is 3.57. The standard InChI is InChI=1S/C21H21NO2/c1-16-8-3-4-10-18(16)14-22(2)21(23)15-24-20-13-7-11-17-9-5-6-12-19(17)20/h3-13H,14-15H2,1-2H3. The molecule has 0 unspecified atom stereocenters. The SMILES string of the molecule is Cc1ccccc1CN(C)C(=O)COc1cccc2ccccc12. The molecule has 122 valence electrons. The van der Waals surface area contributed by atoms with Gasteiger partial charge in [0.15, 0.2) is 6.61 Å². The Hall–Kier alpha value is -2.81. The number of hydrogen-bond acceptors (Lipinski definition) is 2. The molecule has 0 bridgehead atoms. The largest absolute Gasteiger partial charge is 0.483 e. The Balaban J connectivity index is 1.65. The van der Waals surface area contributed by atoms with Gasteiger partial charge in [-0.2, -0.15) is 0 Å². The molecule has 3 aromatic carbocycles. The van der Waals surface area contributed by atoms with Gasteiger partial charge in [-0.25, -0.2) is 0 Å². The van der Waals surface area contributed by atoms with Crippen LogP contribution in [0, 0.1) is 6.92 Å². The molecular formula is C21H21NO2. The molecule has 0 aliphatic carbocycles. The lowest BCUT2D eigenvalue weighted by Gasteiger charge is -2.19. The summed E-state index contributed by atoms with van der Waals surface area (Å²) in [4.78, 5) is 14.1. The second-order valence-corrected chi connectivity index (χ2v) is 5.94. The van der Waals surface area contributed by atoms with E-state index in [0.29, 0.717) is 6.54 Å². The predicted molar refractivity (Wildman–Crippen MR) is 97.1 cm³/mol. The fraction of sp³-hybridized carbons (Fsp3) is 0.190. The van der Waals surface area contributed by atoms with Gasteiger partial charge in [-0.1, -0.05) is 60.7 Å². The maximum absolute atomic E-state index is 12.4. The minimum atomic E-state index is -0.0359. The molecule has 3 nitrogen and oxygen atoms in total. The van der Waals surface area contributed by atoms with Crippen molar-refractivity contribution in [2.75, 3.05) is 13.7 Å². The van der Waals surface area contributed by atoms with Crippen molar-refractivity contribution in [3.8, 4) is 5.75 Å². The molecule has 0 spiro atoms. The maximum Gasteiger partial charge on any atom is 0.260 e. The predicted octanol–water partition coefficient (Wildman–Crippen LogP) is 4.19. The molecular weight excluding hydrogens is 298 g/mol. The summed E-state index contributed by atoms with van der Waals surface area (Å²) in [5, 5.41) is 2.13. The van der Waals surface area contributed by atoms with Crippen LogP contribution in [0.2, 0.25) is 0 Å². The van der Waals surface area contributed by atoms with Crippen molar-refractivity contribution in [2.24, 2.45) is 0 Å². The summed E-state index contributed by atoms with van der Waals surface area (Å²) in [5.41, 5.74) is 2.34. The van der Waals surface area contributed by atoms with Crippen LogP contribution in [0.25, 0.3) is 10.8 Å². The van der Waals surface area contributed by atoms with E-state index in [-0.39, 0.29) is 12.5 Å². The van der Waals surface area contributed by atoms with E-state index >= 15 is 0 Å². The van der Waals surface area contributed by atoms with Gasteiger partial charge in [0.1, 0.15) is 5.75 Å². The van der Waals surface area contributed by atoms with Crippen LogP contribution in [0.5, 0.6) is 5.75 Å². The first-order valence-electron chi connectivity index (χ1n) is 8.04. The molecule has 0 saturated heterocycles. The number of carbonyl (C=O) groups excluding carboxylic acids is 1. The smallest absolute Gasteiger partial charge is 0.260 e. The number of nitrogens with zero attached hydrogens (tertiary/aromatic N) is 1. The van der Waals surface area contributed by atoms with E-state index < -0.39 is 0 Å². The van der Waals surface area contributed by atoms with E-state index in [2.05, 4.69) is 13.0 Å². The molecule has 0 heterocycles. The van der Waals surface area contributed by atoms with E-state index in [9.17, 15) is 4.79 Å². The van der Waals surface area contributed by atoms with Gasteiger partial charge in [0.2, 0.25) is 0 Å². The molecule has 24 heavy (non-hydrogen) atoms. The molecule has 0 aromatic heterocycles. The number of fused-ring (bicyclic) bond motifs is 1. The highest BCUT2D eigenvalue weighted by atomic mass is 16.5. The first-order chi connectivity index (χ1) is 11.6. The summed E-state index contributed by atoms with van der Waals surface area (Å²) in [6.45, 7) is 2.68. The third-order valence-electron chi connectivity index (χ3n) is 4.20. The Morgan fingerprint density at radius 1 is 0.958 bits per heavy atom. The molecule has 0 aliphatic rings. The van der Waals surface area contributed by atoms with Gasteiger partial charge in [-0.05, 0) is 29.5 Å². The van der Waals surface area contributed by atoms with Gasteiger partial charge in [-0.15, -0.1) is 0 Å². The Bertz CT molecular complexity index is 852. The molecule has 0 saturated carbocycles. The molecule has 0 aliphatic heterocycles. The van der Waals surface area contributed by atoms with Crippen molar-refractivity contribution >= 4 is 16.7 Å². The molecule has 3 aromatic rings. The summed E-state index contributed by atoms with van der Waals surface area (Å²) < 4.78 is 5.78. The van der Waals surface area contributed by atoms with Gasteiger partial charge >= 0.3 is 0 Å². The zero-order valence-electron chi connectivity index (χ0n) is 14.0. The lowest BCUT2D eigenvalue weighted by molar-refractivity contribution is -0.132. The third-order valence-corrected chi connectivity index (χ3v) is 4.20. The van der Waals surface area contributed by atoms with Gasteiger partial charge in [0.25, 0.3) is 5.91 Å². The van der Waals surface area contributed by atoms with Crippen LogP contribution in [-0.4, -0.2) is 24.5 Å². The number of hydrogen-bond donors (Lipinski definition) is 0. The first-order valence-corrected chi connectivity index (χ1v) is 8.04. The van der Waals surface area contributed by atoms with Gasteiger partial charge in [0, 0.05) is 19.0 Å². The van der Waals surface area contributed by atoms with Crippen LogP contribution in [0.3, 0.4) is 0 Å². The average molecular weight is 319 g/mol. The molecule has 0 N–H and O–H groups in total. The van der Waals surface area contributed by atoms with Crippen LogP contribution in [0.4, 0.5) is 0 Å². The Morgan fingerprint density at radius 2 is 1.67 bits per heavy atom. The Kier molecular flexibility index (Phi) is 4.80. The summed E-state index contributed by atoms with van der Waals surface area (Å²) >= 11 is 0. The zero-order chi connectivity index (χ0) is 16.9. The molecule has 0 atom stereocenters. The van der Waals surface area contributed by atoms with Crippen LogP contribution < -0.4 is 4.74 Å². The van der Waals surface area contributed by atoms with Crippen molar-refractivity contribution in [3.05, 3.63) is 77.9 Å². The normalized spacial score (nSPS) is 10.6. The number of likely N-dealkylation sites (N-methyl/N-ethyl adjacent to an activating group) is 1. The number of carbonyl (C=O) groups is 1. The van der Waals surface area contributed by atoms with Crippen LogP contribution in [-0.2, 0) is 11.3 Å². The molecule has 0 radical (unpaired) electrons. The Morgan fingerprint density at radius 3 is 2.50 bits per heavy atom. The van der Waals surface area contributed by atoms with E-state index in [4.69, 9.17) is 4.74 Å². The molecule has 3 rings (SSSR count). The Labute approximate surface area is 142 Å². The van der Waals surface area contributed by atoms with E-state index in [0.717, 1.165) is 22.1 Å². The summed E-state index contributed by atoms with van der Waals surface area (Å²) in [6.07, 6.45) is 0. The highest BCUT2D eigenvalue weighted by Crippen LogP contribution is 2.25. The van der Waals surface area contributed by atoms with Crippen molar-refractivity contribution < 1.29 is 9.53 Å². The number of amides is 1. The first kappa shape index (κ1) is 16.1. The lowest BCUT2D eigenvalue weighted by Crippen LogP contribution is -2.31. The lowest BCUT2D eigenvalue weighted by atomic mass is 10.1.